The molecule has 0 saturated carbocycles. The minimum Gasteiger partial charge on any atom is -0.591 e. The molecular weight excluding hydrogens is 351 g/mol. The van der Waals surface area contributed by atoms with Gasteiger partial charge in [-0.05, 0) is 32.9 Å². The van der Waals surface area contributed by atoms with Crippen molar-refractivity contribution >= 4 is 47.1 Å². The molecular formula is C13H14ClFN2O5S. The summed E-state index contributed by atoms with van der Waals surface area (Å²) in [5.41, 5.74) is -1.08. The standard InChI is InChI=1S/C13H14ClFN2O5S/c1-13(2,3)23(22)16-6-7-8(14)4-5-9(10(7)15)17(11(18)19)12(20)21/h4-6H,1-3H3,(H,18,19)(H,20,21)/b16-6+. The monoisotopic (exact) mass is 364 g/mol. The fourth-order valence-corrected chi connectivity index (χ4v) is 2.11. The Labute approximate surface area is 139 Å². The second-order valence-corrected chi connectivity index (χ2v) is 7.63. The molecule has 0 heterocycles. The molecule has 2 amide bonds. The highest BCUT2D eigenvalue weighted by molar-refractivity contribution is 7.91. The van der Waals surface area contributed by atoms with Crippen molar-refractivity contribution in [2.75, 3.05) is 4.90 Å². The summed E-state index contributed by atoms with van der Waals surface area (Å²) < 4.78 is 29.3. The van der Waals surface area contributed by atoms with Gasteiger partial charge in [-0.15, -0.1) is 0 Å². The smallest absolute Gasteiger partial charge is 0.421 e. The van der Waals surface area contributed by atoms with Gasteiger partial charge in [0.25, 0.3) is 0 Å². The highest BCUT2D eigenvalue weighted by Gasteiger charge is 2.29. The van der Waals surface area contributed by atoms with Crippen molar-refractivity contribution in [3.63, 3.8) is 0 Å². The molecule has 0 aliphatic heterocycles. The Morgan fingerprint density at radius 3 is 2.30 bits per heavy atom. The van der Waals surface area contributed by atoms with Gasteiger partial charge in [0.2, 0.25) is 0 Å². The number of hydrogen-bond acceptors (Lipinski definition) is 4. The van der Waals surface area contributed by atoms with Crippen molar-refractivity contribution in [2.45, 2.75) is 25.5 Å². The molecule has 1 unspecified atom stereocenters. The maximum absolute atomic E-state index is 14.4. The molecule has 10 heteroatoms. The maximum Gasteiger partial charge on any atom is 0.421 e. The largest absolute Gasteiger partial charge is 0.591 e. The first-order valence-electron chi connectivity index (χ1n) is 6.17. The van der Waals surface area contributed by atoms with E-state index in [1.54, 1.807) is 20.8 Å². The summed E-state index contributed by atoms with van der Waals surface area (Å²) in [5, 5.41) is 17.6. The average molecular weight is 365 g/mol. The van der Waals surface area contributed by atoms with Crippen molar-refractivity contribution in [2.24, 2.45) is 4.40 Å². The van der Waals surface area contributed by atoms with Crippen molar-refractivity contribution in [3.8, 4) is 0 Å². The molecule has 0 aromatic heterocycles. The zero-order valence-electron chi connectivity index (χ0n) is 12.4. The van der Waals surface area contributed by atoms with Crippen LogP contribution in [0.2, 0.25) is 5.02 Å². The van der Waals surface area contributed by atoms with E-state index in [2.05, 4.69) is 4.40 Å². The first-order chi connectivity index (χ1) is 10.5. The number of halogens is 2. The number of hydrogen-bond donors (Lipinski definition) is 2. The molecule has 0 saturated heterocycles. The molecule has 2 N–H and O–H groups in total. The summed E-state index contributed by atoms with van der Waals surface area (Å²) in [6.45, 7) is 4.97. The molecule has 0 aliphatic rings. The third-order valence-corrected chi connectivity index (χ3v) is 4.21. The second-order valence-electron chi connectivity index (χ2n) is 5.29. The number of amides is 2. The van der Waals surface area contributed by atoms with E-state index in [0.29, 0.717) is 0 Å². The number of nitrogens with zero attached hydrogens (tertiary/aromatic N) is 2. The van der Waals surface area contributed by atoms with Gasteiger partial charge in [-0.25, -0.2) is 14.0 Å². The first kappa shape index (κ1) is 19.2. The zero-order chi connectivity index (χ0) is 17.9. The van der Waals surface area contributed by atoms with Gasteiger partial charge in [0, 0.05) is 0 Å². The topological polar surface area (TPSA) is 113 Å². The van der Waals surface area contributed by atoms with Gasteiger partial charge in [0.05, 0.1) is 22.5 Å². The molecule has 0 spiro atoms. The minimum absolute atomic E-state index is 0.128. The summed E-state index contributed by atoms with van der Waals surface area (Å²) in [4.78, 5) is 21.7. The van der Waals surface area contributed by atoms with Crippen LogP contribution >= 0.6 is 11.6 Å². The Kier molecular flexibility index (Phi) is 5.98. The molecule has 1 aromatic rings. The summed E-state index contributed by atoms with van der Waals surface area (Å²) in [6, 6.07) is 2.04. The minimum atomic E-state index is -1.88. The van der Waals surface area contributed by atoms with Crippen LogP contribution in [0.25, 0.3) is 0 Å². The van der Waals surface area contributed by atoms with Crippen LogP contribution in [0.15, 0.2) is 16.5 Å². The van der Waals surface area contributed by atoms with E-state index in [0.717, 1.165) is 18.3 Å². The van der Waals surface area contributed by atoms with E-state index in [-0.39, 0.29) is 15.5 Å². The molecule has 7 nitrogen and oxygen atoms in total. The number of anilines is 1. The van der Waals surface area contributed by atoms with Gasteiger partial charge in [-0.1, -0.05) is 16.0 Å². The molecule has 1 aromatic carbocycles. The predicted octanol–water partition coefficient (Wildman–Crippen LogP) is 3.52. The van der Waals surface area contributed by atoms with E-state index in [1.165, 1.54) is 0 Å². The highest BCUT2D eigenvalue weighted by atomic mass is 35.5. The number of benzene rings is 1. The van der Waals surface area contributed by atoms with Gasteiger partial charge >= 0.3 is 12.2 Å². The first-order valence-corrected chi connectivity index (χ1v) is 7.65. The van der Waals surface area contributed by atoms with E-state index >= 15 is 0 Å². The lowest BCUT2D eigenvalue weighted by Gasteiger charge is -2.18. The molecule has 23 heavy (non-hydrogen) atoms. The van der Waals surface area contributed by atoms with E-state index in [9.17, 15) is 18.5 Å². The van der Waals surface area contributed by atoms with Crippen LogP contribution in [0.1, 0.15) is 26.3 Å². The summed E-state index contributed by atoms with van der Waals surface area (Å²) in [6.07, 6.45) is -2.86. The Morgan fingerprint density at radius 1 is 1.35 bits per heavy atom. The highest BCUT2D eigenvalue weighted by Crippen LogP contribution is 2.28. The van der Waals surface area contributed by atoms with Crippen molar-refractivity contribution < 1.29 is 28.7 Å². The van der Waals surface area contributed by atoms with Crippen LogP contribution in [0.5, 0.6) is 0 Å². The number of imide groups is 1. The quantitative estimate of drug-likeness (QED) is 0.629. The average Bonchev–Trinajstić information content (AvgIpc) is 2.39. The van der Waals surface area contributed by atoms with Crippen LogP contribution < -0.4 is 4.90 Å². The van der Waals surface area contributed by atoms with Gasteiger partial charge in [-0.2, -0.15) is 4.90 Å². The molecule has 0 radical (unpaired) electrons. The molecule has 0 aliphatic carbocycles. The second kappa shape index (κ2) is 7.16. The molecule has 0 bridgehead atoms. The van der Waals surface area contributed by atoms with E-state index in [4.69, 9.17) is 21.8 Å². The van der Waals surface area contributed by atoms with Crippen LogP contribution in [0.3, 0.4) is 0 Å². The van der Waals surface area contributed by atoms with Crippen LogP contribution in [0.4, 0.5) is 19.7 Å². The molecule has 1 rings (SSSR count). The molecule has 1 atom stereocenters. The number of carboxylic acid groups (broad SMARTS) is 2. The Hall–Kier alpha value is -1.84. The fourth-order valence-electron chi connectivity index (χ4n) is 1.40. The van der Waals surface area contributed by atoms with Gasteiger partial charge in [-0.3, -0.25) is 0 Å². The van der Waals surface area contributed by atoms with E-state index < -0.39 is 39.8 Å². The van der Waals surface area contributed by atoms with Gasteiger partial charge in [0.1, 0.15) is 16.1 Å². The third-order valence-electron chi connectivity index (χ3n) is 2.53. The molecule has 0 fully saturated rings. The third kappa shape index (κ3) is 4.57. The van der Waals surface area contributed by atoms with Gasteiger partial charge in [0.15, 0.2) is 5.82 Å². The lowest BCUT2D eigenvalue weighted by Crippen LogP contribution is -2.35. The van der Waals surface area contributed by atoms with Crippen LogP contribution in [-0.4, -0.2) is 37.9 Å². The normalized spacial score (nSPS) is 13.1. The van der Waals surface area contributed by atoms with E-state index in [1.807, 2.05) is 0 Å². The Balaban J connectivity index is 3.36. The SMILES string of the molecule is CC(C)(C)[S+]([O-])/N=C/c1c(Cl)ccc(N(C(=O)O)C(=O)O)c1F. The summed E-state index contributed by atoms with van der Waals surface area (Å²) in [5.74, 6) is -1.20. The van der Waals surface area contributed by atoms with Crippen molar-refractivity contribution in [1.29, 1.82) is 0 Å². The lowest BCUT2D eigenvalue weighted by atomic mass is 10.2. The summed E-state index contributed by atoms with van der Waals surface area (Å²) in [7, 11) is 0. The number of rotatable bonds is 3. The maximum atomic E-state index is 14.4. The van der Waals surface area contributed by atoms with Gasteiger partial charge < -0.3 is 14.8 Å². The van der Waals surface area contributed by atoms with Crippen LogP contribution in [0, 0.1) is 5.82 Å². The fraction of sp³-hybridized carbons (Fsp3) is 0.308. The lowest BCUT2D eigenvalue weighted by molar-refractivity contribution is 0.184. The number of carbonyl (C=O) groups is 2. The molecule has 126 valence electrons. The van der Waals surface area contributed by atoms with Crippen molar-refractivity contribution in [3.05, 3.63) is 28.5 Å². The Bertz CT molecular complexity index is 649. The van der Waals surface area contributed by atoms with Crippen molar-refractivity contribution in [1.82, 2.24) is 0 Å². The Morgan fingerprint density at radius 2 is 1.87 bits per heavy atom. The predicted molar refractivity (Wildman–Crippen MR) is 85.4 cm³/mol. The van der Waals surface area contributed by atoms with Crippen LogP contribution in [-0.2, 0) is 11.4 Å². The summed E-state index contributed by atoms with van der Waals surface area (Å²) >= 11 is 4.13. The zero-order valence-corrected chi connectivity index (χ0v) is 14.0.